The van der Waals surface area contributed by atoms with Gasteiger partial charge in [-0.2, -0.15) is 18.3 Å². The van der Waals surface area contributed by atoms with E-state index >= 15 is 0 Å². The molecule has 3 rings (SSSR count). The standard InChI is InChI=1S/C20H15BrF3IN4O2S/c1-31-18-15(21)5-11(6-16(18)25)9-26-29-17(30)8-14-10-32-19(28-14)27-13-4-2-3-12(7-13)20(22,23)24/h2-7,9-10H,8H2,1H3,(H,27,28)(H,29,30)/b26-9-. The third-order valence-electron chi connectivity index (χ3n) is 3.96. The number of aromatic nitrogens is 1. The summed E-state index contributed by atoms with van der Waals surface area (Å²) in [5.74, 6) is 0.337. The van der Waals surface area contributed by atoms with Crippen LogP contribution in [-0.2, 0) is 17.4 Å². The van der Waals surface area contributed by atoms with Gasteiger partial charge in [0.15, 0.2) is 5.13 Å². The lowest BCUT2D eigenvalue weighted by Crippen LogP contribution is -2.20. The summed E-state index contributed by atoms with van der Waals surface area (Å²) in [5.41, 5.74) is 3.17. The maximum Gasteiger partial charge on any atom is 0.416 e. The molecule has 0 saturated carbocycles. The van der Waals surface area contributed by atoms with Gasteiger partial charge in [-0.05, 0) is 74.4 Å². The number of hydrazone groups is 1. The minimum atomic E-state index is -4.43. The van der Waals surface area contributed by atoms with E-state index in [0.29, 0.717) is 16.6 Å². The number of ether oxygens (including phenoxy) is 1. The first-order chi connectivity index (χ1) is 15.2. The number of amides is 1. The normalized spacial score (nSPS) is 11.6. The highest BCUT2D eigenvalue weighted by atomic mass is 127. The molecule has 0 saturated heterocycles. The van der Waals surface area contributed by atoms with Crippen molar-refractivity contribution in [1.82, 2.24) is 10.4 Å². The average molecular weight is 639 g/mol. The summed E-state index contributed by atoms with van der Waals surface area (Å²) in [6.45, 7) is 0. The number of anilines is 2. The summed E-state index contributed by atoms with van der Waals surface area (Å²) in [6.07, 6.45) is -2.95. The van der Waals surface area contributed by atoms with Crippen LogP contribution in [0.25, 0.3) is 0 Å². The van der Waals surface area contributed by atoms with Crippen molar-refractivity contribution >= 4 is 72.8 Å². The van der Waals surface area contributed by atoms with Crippen LogP contribution in [0.1, 0.15) is 16.8 Å². The number of carbonyl (C=O) groups excluding carboxylic acids is 1. The summed E-state index contributed by atoms with van der Waals surface area (Å²) < 4.78 is 45.4. The lowest BCUT2D eigenvalue weighted by molar-refractivity contribution is -0.137. The quantitative estimate of drug-likeness (QED) is 0.190. The van der Waals surface area contributed by atoms with Crippen molar-refractivity contribution in [3.63, 3.8) is 0 Å². The molecule has 1 heterocycles. The van der Waals surface area contributed by atoms with Gasteiger partial charge in [0.25, 0.3) is 0 Å². The first-order valence-corrected chi connectivity index (χ1v) is 11.6. The van der Waals surface area contributed by atoms with Crippen LogP contribution >= 0.6 is 49.9 Å². The van der Waals surface area contributed by atoms with Crippen molar-refractivity contribution in [1.29, 1.82) is 0 Å². The summed E-state index contributed by atoms with van der Waals surface area (Å²) in [6, 6.07) is 8.48. The van der Waals surface area contributed by atoms with E-state index in [1.807, 2.05) is 12.1 Å². The molecule has 32 heavy (non-hydrogen) atoms. The Morgan fingerprint density at radius 3 is 2.81 bits per heavy atom. The Morgan fingerprint density at radius 2 is 2.12 bits per heavy atom. The number of methoxy groups -OCH3 is 1. The van der Waals surface area contributed by atoms with E-state index in [2.05, 4.69) is 59.3 Å². The number of nitrogens with zero attached hydrogens (tertiary/aromatic N) is 2. The molecule has 0 atom stereocenters. The molecule has 0 unspecified atom stereocenters. The van der Waals surface area contributed by atoms with Gasteiger partial charge in [-0.15, -0.1) is 11.3 Å². The molecule has 0 radical (unpaired) electrons. The van der Waals surface area contributed by atoms with Crippen LogP contribution in [-0.4, -0.2) is 24.2 Å². The molecule has 3 aromatic rings. The molecule has 0 aliphatic carbocycles. The van der Waals surface area contributed by atoms with Gasteiger partial charge in [-0.1, -0.05) is 6.07 Å². The third kappa shape index (κ3) is 6.65. The van der Waals surface area contributed by atoms with Crippen LogP contribution in [0.5, 0.6) is 5.75 Å². The van der Waals surface area contributed by atoms with Gasteiger partial charge in [-0.3, -0.25) is 4.79 Å². The smallest absolute Gasteiger partial charge is 0.416 e. The second-order valence-corrected chi connectivity index (χ2v) is 9.21. The van der Waals surface area contributed by atoms with Crippen molar-refractivity contribution in [2.75, 3.05) is 12.4 Å². The second kappa shape index (κ2) is 10.6. The number of thiazole rings is 1. The molecular formula is C20H15BrF3IN4O2S. The van der Waals surface area contributed by atoms with E-state index in [4.69, 9.17) is 4.74 Å². The number of benzene rings is 2. The molecule has 2 N–H and O–H groups in total. The largest absolute Gasteiger partial charge is 0.494 e. The number of nitrogens with one attached hydrogen (secondary N) is 2. The van der Waals surface area contributed by atoms with Gasteiger partial charge < -0.3 is 10.1 Å². The van der Waals surface area contributed by atoms with Crippen LogP contribution in [0.15, 0.2) is 51.4 Å². The Morgan fingerprint density at radius 1 is 1.34 bits per heavy atom. The maximum absolute atomic E-state index is 12.8. The van der Waals surface area contributed by atoms with Crippen LogP contribution in [0.2, 0.25) is 0 Å². The van der Waals surface area contributed by atoms with Gasteiger partial charge in [-0.25, -0.2) is 10.4 Å². The van der Waals surface area contributed by atoms with E-state index in [-0.39, 0.29) is 18.0 Å². The highest BCUT2D eigenvalue weighted by Gasteiger charge is 2.30. The molecule has 0 fully saturated rings. The van der Waals surface area contributed by atoms with Crippen molar-refractivity contribution < 1.29 is 22.7 Å². The first kappa shape index (κ1) is 24.5. The second-order valence-electron chi connectivity index (χ2n) is 6.34. The van der Waals surface area contributed by atoms with Crippen LogP contribution in [0, 0.1) is 3.57 Å². The van der Waals surface area contributed by atoms with E-state index < -0.39 is 11.7 Å². The Kier molecular flexibility index (Phi) is 8.11. The Bertz CT molecular complexity index is 1130. The summed E-state index contributed by atoms with van der Waals surface area (Å²) in [7, 11) is 1.58. The van der Waals surface area contributed by atoms with E-state index in [1.165, 1.54) is 29.7 Å². The van der Waals surface area contributed by atoms with Crippen LogP contribution < -0.4 is 15.5 Å². The summed E-state index contributed by atoms with van der Waals surface area (Å²) in [5, 5.41) is 8.81. The Hall–Kier alpha value is -2.19. The topological polar surface area (TPSA) is 75.6 Å². The number of carbonyl (C=O) groups is 1. The molecule has 0 aliphatic rings. The minimum Gasteiger partial charge on any atom is -0.494 e. The van der Waals surface area contributed by atoms with E-state index in [0.717, 1.165) is 25.7 Å². The third-order valence-corrected chi connectivity index (χ3v) is 6.16. The molecule has 12 heteroatoms. The van der Waals surface area contributed by atoms with Gasteiger partial charge in [0.05, 0.1) is 39.0 Å². The number of rotatable bonds is 7. The number of alkyl halides is 3. The number of hydrogen-bond acceptors (Lipinski definition) is 6. The molecule has 168 valence electrons. The molecule has 0 bridgehead atoms. The van der Waals surface area contributed by atoms with Crippen molar-refractivity contribution in [2.24, 2.45) is 5.10 Å². The lowest BCUT2D eigenvalue weighted by Gasteiger charge is -2.08. The monoisotopic (exact) mass is 638 g/mol. The van der Waals surface area contributed by atoms with Gasteiger partial charge in [0.2, 0.25) is 5.91 Å². The fraction of sp³-hybridized carbons (Fsp3) is 0.150. The number of halogens is 5. The Balaban J connectivity index is 1.56. The minimum absolute atomic E-state index is 0.0258. The molecular weight excluding hydrogens is 624 g/mol. The highest BCUT2D eigenvalue weighted by Crippen LogP contribution is 2.32. The number of hydrogen-bond donors (Lipinski definition) is 2. The molecule has 1 aromatic heterocycles. The zero-order valence-corrected chi connectivity index (χ0v) is 20.9. The van der Waals surface area contributed by atoms with Crippen LogP contribution in [0.3, 0.4) is 0 Å². The van der Waals surface area contributed by atoms with Crippen molar-refractivity contribution in [3.05, 3.63) is 66.6 Å². The molecule has 0 aliphatic heterocycles. The predicted molar refractivity (Wildman–Crippen MR) is 130 cm³/mol. The molecule has 6 nitrogen and oxygen atoms in total. The van der Waals surface area contributed by atoms with Gasteiger partial charge in [0.1, 0.15) is 5.75 Å². The van der Waals surface area contributed by atoms with Crippen LogP contribution in [0.4, 0.5) is 24.0 Å². The molecule has 2 aromatic carbocycles. The Labute approximate surface area is 207 Å². The SMILES string of the molecule is COc1c(Br)cc(/C=N\NC(=O)Cc2csc(Nc3cccc(C(F)(F)F)c3)n2)cc1I. The maximum atomic E-state index is 12.8. The fourth-order valence-electron chi connectivity index (χ4n) is 2.57. The van der Waals surface area contributed by atoms with E-state index in [9.17, 15) is 18.0 Å². The predicted octanol–water partition coefficient (Wildman–Crippen LogP) is 5.97. The zero-order valence-electron chi connectivity index (χ0n) is 16.3. The van der Waals surface area contributed by atoms with Gasteiger partial charge in [0, 0.05) is 11.1 Å². The molecule has 0 spiro atoms. The lowest BCUT2D eigenvalue weighted by atomic mass is 10.2. The van der Waals surface area contributed by atoms with Crippen molar-refractivity contribution in [2.45, 2.75) is 12.6 Å². The fourth-order valence-corrected chi connectivity index (χ4v) is 5.19. The summed E-state index contributed by atoms with van der Waals surface area (Å²) in [4.78, 5) is 16.4. The van der Waals surface area contributed by atoms with Gasteiger partial charge >= 0.3 is 6.18 Å². The zero-order chi connectivity index (χ0) is 23.3. The average Bonchev–Trinajstić information content (AvgIpc) is 3.14. The molecule has 1 amide bonds. The summed E-state index contributed by atoms with van der Waals surface area (Å²) >= 11 is 6.74. The first-order valence-electron chi connectivity index (χ1n) is 8.89. The van der Waals surface area contributed by atoms with Crippen molar-refractivity contribution in [3.8, 4) is 5.75 Å². The highest BCUT2D eigenvalue weighted by molar-refractivity contribution is 14.1. The van der Waals surface area contributed by atoms with E-state index in [1.54, 1.807) is 12.5 Å².